The van der Waals surface area contributed by atoms with Crippen molar-refractivity contribution in [3.63, 3.8) is 0 Å². The predicted octanol–water partition coefficient (Wildman–Crippen LogP) is 3.49. The van der Waals surface area contributed by atoms with Gasteiger partial charge >= 0.3 is 11.9 Å². The molecule has 0 atom stereocenters. The van der Waals surface area contributed by atoms with Gasteiger partial charge in [0.25, 0.3) is 5.91 Å². The first-order chi connectivity index (χ1) is 12.0. The van der Waals surface area contributed by atoms with E-state index in [1.807, 2.05) is 0 Å². The van der Waals surface area contributed by atoms with Crippen LogP contribution >= 0.6 is 11.3 Å². The maximum absolute atomic E-state index is 13.0. The zero-order valence-electron chi connectivity index (χ0n) is 13.6. The molecule has 1 N–H and O–H groups in total. The Morgan fingerprint density at radius 3 is 2.24 bits per heavy atom. The first-order valence-corrected chi connectivity index (χ1v) is 8.38. The number of ether oxygens (including phenoxy) is 2. The molecule has 0 spiro atoms. The Morgan fingerprint density at radius 1 is 1.04 bits per heavy atom. The van der Waals surface area contributed by atoms with E-state index < -0.39 is 23.7 Å². The number of hydrogen-bond donors (Lipinski definition) is 1. The SMILES string of the molecule is CCOC(=O)c1csc(NC(=O)c2ccc(F)cc2)c1C(=O)OCC. The molecule has 1 aromatic carbocycles. The highest BCUT2D eigenvalue weighted by Crippen LogP contribution is 2.30. The number of rotatable bonds is 6. The fourth-order valence-electron chi connectivity index (χ4n) is 1.99. The molecule has 1 heterocycles. The highest BCUT2D eigenvalue weighted by molar-refractivity contribution is 7.15. The second kappa shape index (κ2) is 8.39. The third-order valence-corrected chi connectivity index (χ3v) is 3.99. The Kier molecular flexibility index (Phi) is 6.24. The van der Waals surface area contributed by atoms with Crippen LogP contribution in [0.15, 0.2) is 29.6 Å². The monoisotopic (exact) mass is 365 g/mol. The van der Waals surface area contributed by atoms with E-state index in [4.69, 9.17) is 9.47 Å². The van der Waals surface area contributed by atoms with Gasteiger partial charge in [-0.2, -0.15) is 0 Å². The zero-order chi connectivity index (χ0) is 18.4. The number of hydrogen-bond acceptors (Lipinski definition) is 6. The van der Waals surface area contributed by atoms with E-state index in [9.17, 15) is 18.8 Å². The van der Waals surface area contributed by atoms with Gasteiger partial charge in [-0.25, -0.2) is 14.0 Å². The van der Waals surface area contributed by atoms with Crippen molar-refractivity contribution in [3.05, 3.63) is 52.2 Å². The lowest BCUT2D eigenvalue weighted by Gasteiger charge is -2.08. The smallest absolute Gasteiger partial charge is 0.342 e. The molecule has 25 heavy (non-hydrogen) atoms. The van der Waals surface area contributed by atoms with Crippen molar-refractivity contribution in [2.24, 2.45) is 0 Å². The van der Waals surface area contributed by atoms with Crippen LogP contribution in [0.25, 0.3) is 0 Å². The molecular formula is C17H16FNO5S. The molecule has 6 nitrogen and oxygen atoms in total. The first kappa shape index (κ1) is 18.6. The molecule has 0 radical (unpaired) electrons. The highest BCUT2D eigenvalue weighted by atomic mass is 32.1. The van der Waals surface area contributed by atoms with Gasteiger partial charge in [-0.3, -0.25) is 4.79 Å². The Labute approximate surface area is 147 Å². The highest BCUT2D eigenvalue weighted by Gasteiger charge is 2.26. The summed E-state index contributed by atoms with van der Waals surface area (Å²) in [6, 6.07) is 4.93. The molecule has 2 rings (SSSR count). The standard InChI is InChI=1S/C17H16FNO5S/c1-3-23-16(21)12-9-25-15(13(12)17(22)24-4-2)19-14(20)10-5-7-11(18)8-6-10/h5-9H,3-4H2,1-2H3,(H,19,20). The second-order valence-corrected chi connectivity index (χ2v) is 5.64. The molecule has 0 fully saturated rings. The van der Waals surface area contributed by atoms with Crippen molar-refractivity contribution in [1.29, 1.82) is 0 Å². The molecule has 1 amide bonds. The maximum Gasteiger partial charge on any atom is 0.342 e. The zero-order valence-corrected chi connectivity index (χ0v) is 14.4. The number of esters is 2. The topological polar surface area (TPSA) is 81.7 Å². The van der Waals surface area contributed by atoms with Gasteiger partial charge in [0.2, 0.25) is 0 Å². The van der Waals surface area contributed by atoms with Crippen LogP contribution in [0, 0.1) is 5.82 Å². The number of benzene rings is 1. The number of anilines is 1. The normalized spacial score (nSPS) is 10.2. The Balaban J connectivity index is 2.33. The minimum atomic E-state index is -0.735. The van der Waals surface area contributed by atoms with Crippen molar-refractivity contribution in [1.82, 2.24) is 0 Å². The molecule has 0 unspecified atom stereocenters. The van der Waals surface area contributed by atoms with Gasteiger partial charge in [0, 0.05) is 10.9 Å². The molecule has 0 aliphatic heterocycles. The Hall–Kier alpha value is -2.74. The average molecular weight is 365 g/mol. The van der Waals surface area contributed by atoms with Gasteiger partial charge in [0.15, 0.2) is 0 Å². The van der Waals surface area contributed by atoms with Gasteiger partial charge in [-0.1, -0.05) is 0 Å². The van der Waals surface area contributed by atoms with Crippen molar-refractivity contribution in [3.8, 4) is 0 Å². The quantitative estimate of drug-likeness (QED) is 0.793. The number of nitrogens with one attached hydrogen (secondary N) is 1. The van der Waals surface area contributed by atoms with Gasteiger partial charge < -0.3 is 14.8 Å². The van der Waals surface area contributed by atoms with E-state index in [0.717, 1.165) is 23.5 Å². The van der Waals surface area contributed by atoms with Crippen molar-refractivity contribution < 1.29 is 28.2 Å². The maximum atomic E-state index is 13.0. The molecule has 0 bridgehead atoms. The van der Waals surface area contributed by atoms with Gasteiger partial charge in [0.1, 0.15) is 16.4 Å². The number of carbonyl (C=O) groups is 3. The number of halogens is 1. The van der Waals surface area contributed by atoms with Crippen LogP contribution in [-0.2, 0) is 9.47 Å². The van der Waals surface area contributed by atoms with Crippen LogP contribution in [0.4, 0.5) is 9.39 Å². The van der Waals surface area contributed by atoms with E-state index >= 15 is 0 Å². The summed E-state index contributed by atoms with van der Waals surface area (Å²) >= 11 is 1.00. The van der Waals surface area contributed by atoms with E-state index in [-0.39, 0.29) is 34.9 Å². The van der Waals surface area contributed by atoms with E-state index in [0.29, 0.717) is 0 Å². The van der Waals surface area contributed by atoms with Crippen molar-refractivity contribution >= 4 is 34.2 Å². The number of carbonyl (C=O) groups excluding carboxylic acids is 3. The molecule has 132 valence electrons. The summed E-state index contributed by atoms with van der Waals surface area (Å²) < 4.78 is 22.8. The fraction of sp³-hybridized carbons (Fsp3) is 0.235. The third-order valence-electron chi connectivity index (χ3n) is 3.10. The summed E-state index contributed by atoms with van der Waals surface area (Å²) in [6.45, 7) is 3.53. The van der Waals surface area contributed by atoms with Crippen LogP contribution < -0.4 is 5.32 Å². The lowest BCUT2D eigenvalue weighted by atomic mass is 10.1. The summed E-state index contributed by atoms with van der Waals surface area (Å²) in [6.07, 6.45) is 0. The summed E-state index contributed by atoms with van der Waals surface area (Å²) in [5.41, 5.74) is 0.183. The first-order valence-electron chi connectivity index (χ1n) is 7.50. The lowest BCUT2D eigenvalue weighted by Crippen LogP contribution is -2.17. The molecule has 8 heteroatoms. The number of thiophene rings is 1. The predicted molar refractivity (Wildman–Crippen MR) is 90.6 cm³/mol. The van der Waals surface area contributed by atoms with Crippen LogP contribution in [-0.4, -0.2) is 31.1 Å². The van der Waals surface area contributed by atoms with E-state index in [1.165, 1.54) is 17.5 Å². The van der Waals surface area contributed by atoms with E-state index in [1.54, 1.807) is 13.8 Å². The minimum Gasteiger partial charge on any atom is -0.462 e. The van der Waals surface area contributed by atoms with Crippen LogP contribution in [0.3, 0.4) is 0 Å². The summed E-state index contributed by atoms with van der Waals surface area (Å²) in [7, 11) is 0. The Morgan fingerprint density at radius 2 is 1.64 bits per heavy atom. The summed E-state index contributed by atoms with van der Waals surface area (Å²) in [4.78, 5) is 36.5. The summed E-state index contributed by atoms with van der Waals surface area (Å²) in [5.74, 6) is -2.42. The fourth-order valence-corrected chi connectivity index (χ4v) is 2.90. The van der Waals surface area contributed by atoms with Gasteiger partial charge in [-0.05, 0) is 38.1 Å². The van der Waals surface area contributed by atoms with Crippen LogP contribution in [0.2, 0.25) is 0 Å². The van der Waals surface area contributed by atoms with Gasteiger partial charge in [0.05, 0.1) is 18.8 Å². The molecule has 0 aliphatic carbocycles. The van der Waals surface area contributed by atoms with Gasteiger partial charge in [-0.15, -0.1) is 11.3 Å². The van der Waals surface area contributed by atoms with Crippen molar-refractivity contribution in [2.45, 2.75) is 13.8 Å². The minimum absolute atomic E-state index is 0.0275. The molecule has 0 saturated carbocycles. The molecule has 2 aromatic rings. The largest absolute Gasteiger partial charge is 0.462 e. The van der Waals surface area contributed by atoms with Crippen LogP contribution in [0.5, 0.6) is 0 Å². The Bertz CT molecular complexity index is 785. The second-order valence-electron chi connectivity index (χ2n) is 4.76. The molecular weight excluding hydrogens is 349 g/mol. The average Bonchev–Trinajstić information content (AvgIpc) is 2.99. The summed E-state index contributed by atoms with van der Waals surface area (Å²) in [5, 5.41) is 4.14. The molecule has 0 aliphatic rings. The molecule has 1 aromatic heterocycles. The van der Waals surface area contributed by atoms with E-state index in [2.05, 4.69) is 5.32 Å². The number of amides is 1. The van der Waals surface area contributed by atoms with Crippen LogP contribution in [0.1, 0.15) is 44.9 Å². The molecule has 0 saturated heterocycles. The lowest BCUT2D eigenvalue weighted by molar-refractivity contribution is 0.0481. The third kappa shape index (κ3) is 4.42. The van der Waals surface area contributed by atoms with Crippen molar-refractivity contribution in [2.75, 3.05) is 18.5 Å².